The number of hydrogen-bond acceptors (Lipinski definition) is 4. The molecule has 0 radical (unpaired) electrons. The number of nitrogens with zero attached hydrogens (tertiary/aromatic N) is 3. The van der Waals surface area contributed by atoms with E-state index < -0.39 is 0 Å². The molecule has 3 aromatic rings. The van der Waals surface area contributed by atoms with Gasteiger partial charge in [-0.2, -0.15) is 0 Å². The van der Waals surface area contributed by atoms with Crippen LogP contribution in [0.5, 0.6) is 0 Å². The number of carbonyl (C=O) groups excluding carboxylic acids is 1. The van der Waals surface area contributed by atoms with E-state index in [-0.39, 0.29) is 21.7 Å². The summed E-state index contributed by atoms with van der Waals surface area (Å²) in [6, 6.07) is 12.7. The number of amides is 1. The summed E-state index contributed by atoms with van der Waals surface area (Å²) in [6.07, 6.45) is 1.76. The van der Waals surface area contributed by atoms with Gasteiger partial charge in [0.1, 0.15) is 0 Å². The molecule has 0 aliphatic carbocycles. The van der Waals surface area contributed by atoms with Gasteiger partial charge in [0, 0.05) is 17.1 Å². The molecule has 144 valence electrons. The molecule has 3 rings (SSSR count). The van der Waals surface area contributed by atoms with Crippen molar-refractivity contribution in [1.29, 1.82) is 0 Å². The highest BCUT2D eigenvalue weighted by Crippen LogP contribution is 2.34. The summed E-state index contributed by atoms with van der Waals surface area (Å²) in [7, 11) is 0. The SMILES string of the molecule is C=CCn1c(SCC(=O)Nc2c(Cl)cc(Cl)cc2Cl)nnc1-c1ccccc1. The van der Waals surface area contributed by atoms with Crippen molar-refractivity contribution >= 4 is 58.2 Å². The predicted molar refractivity (Wildman–Crippen MR) is 116 cm³/mol. The Labute approximate surface area is 181 Å². The van der Waals surface area contributed by atoms with E-state index in [1.54, 1.807) is 6.08 Å². The van der Waals surface area contributed by atoms with Gasteiger partial charge in [0.2, 0.25) is 5.91 Å². The fourth-order valence-electron chi connectivity index (χ4n) is 2.46. The average Bonchev–Trinajstić information content (AvgIpc) is 3.07. The minimum Gasteiger partial charge on any atom is -0.323 e. The smallest absolute Gasteiger partial charge is 0.234 e. The Morgan fingerprint density at radius 2 is 1.82 bits per heavy atom. The molecule has 0 saturated heterocycles. The number of hydrogen-bond donors (Lipinski definition) is 1. The van der Waals surface area contributed by atoms with Crippen molar-refractivity contribution < 1.29 is 4.79 Å². The molecule has 0 fully saturated rings. The van der Waals surface area contributed by atoms with Gasteiger partial charge < -0.3 is 5.32 Å². The Balaban J connectivity index is 1.73. The molecule has 1 amide bonds. The van der Waals surface area contributed by atoms with E-state index in [9.17, 15) is 4.79 Å². The number of halogens is 3. The first-order valence-electron chi connectivity index (χ1n) is 8.16. The van der Waals surface area contributed by atoms with Crippen LogP contribution >= 0.6 is 46.6 Å². The van der Waals surface area contributed by atoms with E-state index in [1.165, 1.54) is 23.9 Å². The van der Waals surface area contributed by atoms with E-state index in [4.69, 9.17) is 34.8 Å². The molecular formula is C19H15Cl3N4OS. The van der Waals surface area contributed by atoms with Gasteiger partial charge in [-0.05, 0) is 12.1 Å². The van der Waals surface area contributed by atoms with Crippen LogP contribution < -0.4 is 5.32 Å². The Morgan fingerprint density at radius 3 is 2.46 bits per heavy atom. The van der Waals surface area contributed by atoms with Crippen molar-refractivity contribution in [3.05, 3.63) is 70.2 Å². The number of aromatic nitrogens is 3. The van der Waals surface area contributed by atoms with Gasteiger partial charge in [0.05, 0.1) is 21.5 Å². The van der Waals surface area contributed by atoms with Gasteiger partial charge >= 0.3 is 0 Å². The summed E-state index contributed by atoms with van der Waals surface area (Å²) in [6.45, 7) is 4.31. The summed E-state index contributed by atoms with van der Waals surface area (Å²) >= 11 is 19.4. The van der Waals surface area contributed by atoms with Crippen LogP contribution in [0.2, 0.25) is 15.1 Å². The number of carbonyl (C=O) groups is 1. The highest BCUT2D eigenvalue weighted by Gasteiger charge is 2.16. The second kappa shape index (κ2) is 9.47. The molecule has 0 bridgehead atoms. The molecule has 2 aromatic carbocycles. The summed E-state index contributed by atoms with van der Waals surface area (Å²) in [5.41, 5.74) is 1.27. The van der Waals surface area contributed by atoms with Crippen molar-refractivity contribution in [3.8, 4) is 11.4 Å². The standard InChI is InChI=1S/C19H15Cl3N4OS/c1-2-8-26-18(12-6-4-3-5-7-12)24-25-19(26)28-11-16(27)23-17-14(21)9-13(20)10-15(17)22/h2-7,9-10H,1,8,11H2,(H,23,27). The molecule has 0 atom stereocenters. The van der Waals surface area contributed by atoms with Crippen molar-refractivity contribution in [3.63, 3.8) is 0 Å². The van der Waals surface area contributed by atoms with Crippen LogP contribution in [-0.4, -0.2) is 26.4 Å². The number of rotatable bonds is 7. The van der Waals surface area contributed by atoms with Gasteiger partial charge in [-0.25, -0.2) is 0 Å². The lowest BCUT2D eigenvalue weighted by Crippen LogP contribution is -2.15. The molecular weight excluding hydrogens is 439 g/mol. The van der Waals surface area contributed by atoms with Gasteiger partial charge in [-0.15, -0.1) is 16.8 Å². The van der Waals surface area contributed by atoms with Crippen LogP contribution in [0.15, 0.2) is 60.3 Å². The average molecular weight is 454 g/mol. The molecule has 5 nitrogen and oxygen atoms in total. The molecule has 1 N–H and O–H groups in total. The summed E-state index contributed by atoms with van der Waals surface area (Å²) in [5.74, 6) is 0.553. The fraction of sp³-hybridized carbons (Fsp3) is 0.105. The maximum absolute atomic E-state index is 12.4. The molecule has 1 heterocycles. The van der Waals surface area contributed by atoms with Crippen molar-refractivity contribution in [2.75, 3.05) is 11.1 Å². The second-order valence-corrected chi connectivity index (χ2v) is 7.85. The Hall–Kier alpha value is -1.99. The second-order valence-electron chi connectivity index (χ2n) is 5.65. The Morgan fingerprint density at radius 1 is 1.14 bits per heavy atom. The minimum absolute atomic E-state index is 0.110. The van der Waals surface area contributed by atoms with Crippen molar-refractivity contribution in [1.82, 2.24) is 14.8 Å². The first kappa shape index (κ1) is 20.7. The number of benzene rings is 2. The molecule has 0 aliphatic heterocycles. The zero-order valence-electron chi connectivity index (χ0n) is 14.5. The summed E-state index contributed by atoms with van der Waals surface area (Å²) < 4.78 is 1.91. The fourth-order valence-corrected chi connectivity index (χ4v) is 4.12. The van der Waals surface area contributed by atoms with Crippen molar-refractivity contribution in [2.45, 2.75) is 11.7 Å². The first-order chi connectivity index (χ1) is 13.5. The van der Waals surface area contributed by atoms with Gasteiger partial charge in [-0.3, -0.25) is 9.36 Å². The van der Waals surface area contributed by atoms with Gasteiger partial charge in [0.25, 0.3) is 0 Å². The number of thioether (sulfide) groups is 1. The van der Waals surface area contributed by atoms with E-state index in [0.29, 0.717) is 28.2 Å². The quantitative estimate of drug-likeness (QED) is 0.361. The molecule has 28 heavy (non-hydrogen) atoms. The topological polar surface area (TPSA) is 59.8 Å². The lowest BCUT2D eigenvalue weighted by Gasteiger charge is -2.10. The maximum Gasteiger partial charge on any atom is 0.234 e. The first-order valence-corrected chi connectivity index (χ1v) is 10.3. The monoisotopic (exact) mass is 452 g/mol. The van der Waals surface area contributed by atoms with Crippen LogP contribution in [0.4, 0.5) is 5.69 Å². The molecule has 0 aliphatic rings. The zero-order valence-corrected chi connectivity index (χ0v) is 17.6. The lowest BCUT2D eigenvalue weighted by atomic mass is 10.2. The molecule has 0 saturated carbocycles. The molecule has 1 aromatic heterocycles. The van der Waals surface area contributed by atoms with Crippen molar-refractivity contribution in [2.24, 2.45) is 0 Å². The van der Waals surface area contributed by atoms with Crippen LogP contribution in [-0.2, 0) is 11.3 Å². The normalized spacial score (nSPS) is 10.7. The number of anilines is 1. The van der Waals surface area contributed by atoms with E-state index in [1.807, 2.05) is 34.9 Å². The molecule has 0 spiro atoms. The van der Waals surface area contributed by atoms with E-state index in [0.717, 1.165) is 5.56 Å². The third kappa shape index (κ3) is 4.89. The zero-order chi connectivity index (χ0) is 20.1. The van der Waals surface area contributed by atoms with Gasteiger partial charge in [0.15, 0.2) is 11.0 Å². The maximum atomic E-state index is 12.4. The number of nitrogens with one attached hydrogen (secondary N) is 1. The largest absolute Gasteiger partial charge is 0.323 e. The Kier molecular flexibility index (Phi) is 7.02. The Bertz CT molecular complexity index is 985. The van der Waals surface area contributed by atoms with Gasteiger partial charge in [-0.1, -0.05) is 83.0 Å². The van der Waals surface area contributed by atoms with Crippen LogP contribution in [0, 0.1) is 0 Å². The predicted octanol–water partition coefficient (Wildman–Crippen LogP) is 5.82. The molecule has 0 unspecified atom stereocenters. The van der Waals surface area contributed by atoms with E-state index >= 15 is 0 Å². The molecule has 9 heteroatoms. The van der Waals surface area contributed by atoms with Crippen LogP contribution in [0.25, 0.3) is 11.4 Å². The summed E-state index contributed by atoms with van der Waals surface area (Å²) in [4.78, 5) is 12.4. The van der Waals surface area contributed by atoms with E-state index in [2.05, 4.69) is 22.1 Å². The van der Waals surface area contributed by atoms with Crippen LogP contribution in [0.1, 0.15) is 0 Å². The minimum atomic E-state index is -0.273. The van der Waals surface area contributed by atoms with Crippen LogP contribution in [0.3, 0.4) is 0 Å². The third-order valence-electron chi connectivity index (χ3n) is 3.66. The summed E-state index contributed by atoms with van der Waals surface area (Å²) in [5, 5.41) is 12.7. The lowest BCUT2D eigenvalue weighted by molar-refractivity contribution is -0.113. The highest BCUT2D eigenvalue weighted by molar-refractivity contribution is 7.99. The third-order valence-corrected chi connectivity index (χ3v) is 5.45. The number of allylic oxidation sites excluding steroid dienone is 1. The highest BCUT2D eigenvalue weighted by atomic mass is 35.5.